The largest absolute Gasteiger partial charge is 0.319 e. The molecule has 1 aliphatic rings. The maximum absolute atomic E-state index is 12.1. The van der Waals surface area contributed by atoms with Crippen molar-refractivity contribution < 1.29 is 4.79 Å². The molecule has 1 aromatic rings. The Morgan fingerprint density at radius 3 is 2.40 bits per heavy atom. The number of halogens is 1. The lowest BCUT2D eigenvalue weighted by molar-refractivity contribution is 0.0883. The van der Waals surface area contributed by atoms with Crippen LogP contribution >= 0.6 is 11.6 Å². The lowest BCUT2D eigenvalue weighted by Crippen LogP contribution is -2.47. The van der Waals surface area contributed by atoms with Crippen LogP contribution < -0.4 is 5.73 Å². The molecule has 1 atom stereocenters. The van der Waals surface area contributed by atoms with E-state index in [1.807, 2.05) is 6.92 Å². The summed E-state index contributed by atoms with van der Waals surface area (Å²) in [6, 6.07) is 6.91. The molecule has 1 aliphatic carbocycles. The van der Waals surface area contributed by atoms with E-state index >= 15 is 0 Å². The van der Waals surface area contributed by atoms with Crippen molar-refractivity contribution in [3.8, 4) is 0 Å². The molecular formula is C12H14ClNO. The Kier molecular flexibility index (Phi) is 2.57. The zero-order chi connectivity index (χ0) is 11.1. The summed E-state index contributed by atoms with van der Waals surface area (Å²) in [5.41, 5.74) is 5.99. The molecule has 0 spiro atoms. The first kappa shape index (κ1) is 10.7. The Hall–Kier alpha value is -0.860. The molecule has 2 rings (SSSR count). The van der Waals surface area contributed by atoms with E-state index in [0.717, 1.165) is 12.8 Å². The van der Waals surface area contributed by atoms with Crippen LogP contribution in [0.3, 0.4) is 0 Å². The van der Waals surface area contributed by atoms with Crippen LogP contribution in [0.1, 0.15) is 30.1 Å². The quantitative estimate of drug-likeness (QED) is 0.801. The third-order valence-electron chi connectivity index (χ3n) is 3.02. The second-order valence-electron chi connectivity index (χ2n) is 4.39. The second kappa shape index (κ2) is 3.62. The van der Waals surface area contributed by atoms with Gasteiger partial charge in [0.25, 0.3) is 0 Å². The average molecular weight is 224 g/mol. The molecule has 1 fully saturated rings. The predicted molar refractivity (Wildman–Crippen MR) is 61.1 cm³/mol. The van der Waals surface area contributed by atoms with Crippen molar-refractivity contribution in [2.45, 2.75) is 25.3 Å². The van der Waals surface area contributed by atoms with Crippen LogP contribution in [-0.2, 0) is 0 Å². The standard InChI is InChI=1S/C12H14ClNO/c1-12(14,9-4-5-9)11(15)8-2-6-10(13)7-3-8/h2-3,6-7,9H,4-5,14H2,1H3. The summed E-state index contributed by atoms with van der Waals surface area (Å²) in [4.78, 5) is 12.1. The summed E-state index contributed by atoms with van der Waals surface area (Å²) < 4.78 is 0. The molecule has 2 nitrogen and oxygen atoms in total. The highest BCUT2D eigenvalue weighted by Gasteiger charge is 2.44. The van der Waals surface area contributed by atoms with Crippen molar-refractivity contribution in [3.63, 3.8) is 0 Å². The van der Waals surface area contributed by atoms with E-state index in [-0.39, 0.29) is 5.78 Å². The molecule has 0 radical (unpaired) electrons. The Balaban J connectivity index is 2.23. The Labute approximate surface area is 94.4 Å². The number of carbonyl (C=O) groups excluding carboxylic acids is 1. The van der Waals surface area contributed by atoms with E-state index < -0.39 is 5.54 Å². The number of hydrogen-bond donors (Lipinski definition) is 1. The van der Waals surface area contributed by atoms with Crippen molar-refractivity contribution in [1.82, 2.24) is 0 Å². The molecule has 0 bridgehead atoms. The third-order valence-corrected chi connectivity index (χ3v) is 3.27. The minimum atomic E-state index is -0.714. The lowest BCUT2D eigenvalue weighted by atomic mass is 9.88. The van der Waals surface area contributed by atoms with Crippen LogP contribution in [0.4, 0.5) is 0 Å². The second-order valence-corrected chi connectivity index (χ2v) is 4.83. The van der Waals surface area contributed by atoms with Gasteiger partial charge in [0.15, 0.2) is 5.78 Å². The SMILES string of the molecule is CC(N)(C(=O)c1ccc(Cl)cc1)C1CC1. The lowest BCUT2D eigenvalue weighted by Gasteiger charge is -2.22. The minimum Gasteiger partial charge on any atom is -0.319 e. The molecule has 1 saturated carbocycles. The van der Waals surface area contributed by atoms with Gasteiger partial charge in [-0.1, -0.05) is 11.6 Å². The maximum Gasteiger partial charge on any atom is 0.182 e. The van der Waals surface area contributed by atoms with Gasteiger partial charge in [-0.15, -0.1) is 0 Å². The van der Waals surface area contributed by atoms with Gasteiger partial charge in [0.1, 0.15) is 0 Å². The molecule has 3 heteroatoms. The average Bonchev–Trinajstić information content (AvgIpc) is 3.01. The van der Waals surface area contributed by atoms with Gasteiger partial charge in [0.05, 0.1) is 5.54 Å². The number of ketones is 1. The zero-order valence-electron chi connectivity index (χ0n) is 8.66. The Morgan fingerprint density at radius 1 is 1.40 bits per heavy atom. The summed E-state index contributed by atoms with van der Waals surface area (Å²) in [5.74, 6) is 0.363. The number of carbonyl (C=O) groups is 1. The smallest absolute Gasteiger partial charge is 0.182 e. The fraction of sp³-hybridized carbons (Fsp3) is 0.417. The van der Waals surface area contributed by atoms with Gasteiger partial charge >= 0.3 is 0 Å². The Bertz CT molecular complexity index is 379. The molecule has 1 unspecified atom stereocenters. The summed E-state index contributed by atoms with van der Waals surface area (Å²) in [5, 5.41) is 0.636. The monoisotopic (exact) mass is 223 g/mol. The normalized spacial score (nSPS) is 19.7. The summed E-state index contributed by atoms with van der Waals surface area (Å²) in [6.45, 7) is 1.82. The number of hydrogen-bond acceptors (Lipinski definition) is 2. The number of Topliss-reactive ketones (excluding diaryl/α,β-unsaturated/α-hetero) is 1. The van der Waals surface area contributed by atoms with Gasteiger partial charge in [-0.2, -0.15) is 0 Å². The van der Waals surface area contributed by atoms with Crippen molar-refractivity contribution in [2.75, 3.05) is 0 Å². The first-order valence-corrected chi connectivity index (χ1v) is 5.49. The Morgan fingerprint density at radius 2 is 1.93 bits per heavy atom. The first-order chi connectivity index (χ1) is 7.01. The van der Waals surface area contributed by atoms with Gasteiger partial charge in [-0.25, -0.2) is 0 Å². The molecule has 80 valence electrons. The van der Waals surface area contributed by atoms with Gasteiger partial charge in [-0.05, 0) is 49.9 Å². The van der Waals surface area contributed by atoms with Crippen molar-refractivity contribution in [1.29, 1.82) is 0 Å². The zero-order valence-corrected chi connectivity index (χ0v) is 9.42. The highest BCUT2D eigenvalue weighted by atomic mass is 35.5. The van der Waals surface area contributed by atoms with E-state index in [2.05, 4.69) is 0 Å². The summed E-state index contributed by atoms with van der Waals surface area (Å²) >= 11 is 5.76. The van der Waals surface area contributed by atoms with E-state index in [1.54, 1.807) is 24.3 Å². The summed E-state index contributed by atoms with van der Waals surface area (Å²) in [7, 11) is 0. The topological polar surface area (TPSA) is 43.1 Å². The molecule has 0 amide bonds. The number of rotatable bonds is 3. The van der Waals surface area contributed by atoms with E-state index in [1.165, 1.54) is 0 Å². The highest BCUT2D eigenvalue weighted by Crippen LogP contribution is 2.39. The minimum absolute atomic E-state index is 0.0154. The van der Waals surface area contributed by atoms with E-state index in [0.29, 0.717) is 16.5 Å². The fourth-order valence-electron chi connectivity index (χ4n) is 1.78. The molecule has 0 aliphatic heterocycles. The highest BCUT2D eigenvalue weighted by molar-refractivity contribution is 6.30. The molecule has 1 aromatic carbocycles. The molecule has 2 N–H and O–H groups in total. The molecule has 15 heavy (non-hydrogen) atoms. The number of nitrogens with two attached hydrogens (primary N) is 1. The van der Waals surface area contributed by atoms with Crippen LogP contribution in [0.2, 0.25) is 5.02 Å². The molecule has 0 aromatic heterocycles. The van der Waals surface area contributed by atoms with Crippen LogP contribution in [0.15, 0.2) is 24.3 Å². The van der Waals surface area contributed by atoms with Crippen molar-refractivity contribution in [2.24, 2.45) is 11.7 Å². The van der Waals surface area contributed by atoms with Crippen LogP contribution in [0.25, 0.3) is 0 Å². The maximum atomic E-state index is 12.1. The fourth-order valence-corrected chi connectivity index (χ4v) is 1.91. The third kappa shape index (κ3) is 2.06. The first-order valence-electron chi connectivity index (χ1n) is 5.11. The van der Waals surface area contributed by atoms with Crippen molar-refractivity contribution >= 4 is 17.4 Å². The van der Waals surface area contributed by atoms with Gasteiger partial charge < -0.3 is 5.73 Å². The summed E-state index contributed by atoms with van der Waals surface area (Å²) in [6.07, 6.45) is 2.12. The predicted octanol–water partition coefficient (Wildman–Crippen LogP) is 2.65. The van der Waals surface area contributed by atoms with E-state index in [9.17, 15) is 4.79 Å². The van der Waals surface area contributed by atoms with Gasteiger partial charge in [0, 0.05) is 10.6 Å². The van der Waals surface area contributed by atoms with Crippen molar-refractivity contribution in [3.05, 3.63) is 34.9 Å². The van der Waals surface area contributed by atoms with E-state index in [4.69, 9.17) is 17.3 Å². The molecule has 0 saturated heterocycles. The van der Waals surface area contributed by atoms with Crippen LogP contribution in [0, 0.1) is 5.92 Å². The van der Waals surface area contributed by atoms with Crippen LogP contribution in [-0.4, -0.2) is 11.3 Å². The van der Waals surface area contributed by atoms with Gasteiger partial charge in [-0.3, -0.25) is 4.79 Å². The molecule has 0 heterocycles. The van der Waals surface area contributed by atoms with Crippen LogP contribution in [0.5, 0.6) is 0 Å². The molecular weight excluding hydrogens is 210 g/mol. The number of benzene rings is 1. The van der Waals surface area contributed by atoms with Gasteiger partial charge in [0.2, 0.25) is 0 Å².